The molecule has 0 radical (unpaired) electrons. The maximum atomic E-state index is 12.1. The van der Waals surface area contributed by atoms with Crippen LogP contribution in [0.1, 0.15) is 53.4 Å². The van der Waals surface area contributed by atoms with Crippen molar-refractivity contribution in [2.75, 3.05) is 0 Å². The van der Waals surface area contributed by atoms with Crippen LogP contribution in [0.5, 0.6) is 0 Å². The maximum Gasteiger partial charge on any atom is 0.323 e. The smallest absolute Gasteiger partial charge is 0.323 e. The van der Waals surface area contributed by atoms with Gasteiger partial charge in [0.25, 0.3) is 0 Å². The third kappa shape index (κ3) is 2.49. The molecule has 0 aromatic heterocycles. The fourth-order valence-corrected chi connectivity index (χ4v) is 3.63. The number of hydrogen-bond donors (Lipinski definition) is 1. The van der Waals surface area contributed by atoms with Crippen LogP contribution in [0.4, 0.5) is 0 Å². The topological polar surface area (TPSA) is 63.6 Å². The summed E-state index contributed by atoms with van der Waals surface area (Å²) in [6, 6.07) is 0. The van der Waals surface area contributed by atoms with Gasteiger partial charge in [-0.05, 0) is 58.8 Å². The number of hydrogen-bond acceptors (Lipinski definition) is 3. The number of rotatable bonds is 4. The molecular weight excluding hydrogens is 244 g/mol. The Morgan fingerprint density at radius 1 is 1.11 bits per heavy atom. The van der Waals surface area contributed by atoms with Gasteiger partial charge in [-0.3, -0.25) is 9.59 Å². The van der Waals surface area contributed by atoms with Gasteiger partial charge in [0.15, 0.2) is 5.41 Å². The van der Waals surface area contributed by atoms with Gasteiger partial charge in [0.1, 0.15) is 5.60 Å². The number of carboxylic acid groups (broad SMARTS) is 1. The summed E-state index contributed by atoms with van der Waals surface area (Å²) in [6.07, 6.45) is 4.87. The van der Waals surface area contributed by atoms with Crippen LogP contribution in [0.25, 0.3) is 0 Å². The Bertz CT molecular complexity index is 397. The van der Waals surface area contributed by atoms with Crippen molar-refractivity contribution in [1.82, 2.24) is 0 Å². The van der Waals surface area contributed by atoms with Crippen molar-refractivity contribution in [1.29, 1.82) is 0 Å². The van der Waals surface area contributed by atoms with E-state index in [1.54, 1.807) is 0 Å². The van der Waals surface area contributed by atoms with Gasteiger partial charge < -0.3 is 9.84 Å². The summed E-state index contributed by atoms with van der Waals surface area (Å²) in [6.45, 7) is 6.64. The van der Waals surface area contributed by atoms with Gasteiger partial charge in [0.2, 0.25) is 0 Å². The molecule has 0 aromatic carbocycles. The molecule has 0 heterocycles. The van der Waals surface area contributed by atoms with Crippen LogP contribution < -0.4 is 0 Å². The van der Waals surface area contributed by atoms with Crippen molar-refractivity contribution in [3.63, 3.8) is 0 Å². The molecule has 0 aromatic rings. The summed E-state index contributed by atoms with van der Waals surface area (Å²) in [4.78, 5) is 23.2. The molecule has 108 valence electrons. The molecule has 4 nitrogen and oxygen atoms in total. The van der Waals surface area contributed by atoms with Crippen LogP contribution in [0.2, 0.25) is 0 Å². The molecule has 2 rings (SSSR count). The molecule has 2 aliphatic carbocycles. The normalized spacial score (nSPS) is 30.4. The lowest BCUT2D eigenvalue weighted by Crippen LogP contribution is -2.45. The highest BCUT2D eigenvalue weighted by Crippen LogP contribution is 2.53. The lowest BCUT2D eigenvalue weighted by Gasteiger charge is -2.38. The molecule has 2 saturated carbocycles. The van der Waals surface area contributed by atoms with Gasteiger partial charge >= 0.3 is 11.9 Å². The minimum atomic E-state index is -1.48. The summed E-state index contributed by atoms with van der Waals surface area (Å²) in [7, 11) is 0. The van der Waals surface area contributed by atoms with Gasteiger partial charge in [0, 0.05) is 5.92 Å². The number of esters is 1. The van der Waals surface area contributed by atoms with Crippen LogP contribution in [-0.2, 0) is 14.3 Å². The monoisotopic (exact) mass is 268 g/mol. The van der Waals surface area contributed by atoms with E-state index in [9.17, 15) is 9.59 Å². The van der Waals surface area contributed by atoms with Crippen molar-refractivity contribution in [3.05, 3.63) is 0 Å². The van der Waals surface area contributed by atoms with E-state index in [4.69, 9.17) is 9.84 Å². The van der Waals surface area contributed by atoms with Gasteiger partial charge in [0.05, 0.1) is 0 Å². The van der Waals surface area contributed by atoms with Crippen molar-refractivity contribution in [3.8, 4) is 0 Å². The predicted molar refractivity (Wildman–Crippen MR) is 70.5 cm³/mol. The van der Waals surface area contributed by atoms with E-state index in [0.717, 1.165) is 12.3 Å². The van der Waals surface area contributed by atoms with E-state index in [1.807, 2.05) is 13.8 Å². The van der Waals surface area contributed by atoms with Crippen LogP contribution in [0.15, 0.2) is 0 Å². The molecule has 0 saturated heterocycles. The van der Waals surface area contributed by atoms with Crippen molar-refractivity contribution in [2.24, 2.45) is 23.2 Å². The van der Waals surface area contributed by atoms with Gasteiger partial charge in [-0.2, -0.15) is 0 Å². The average molecular weight is 268 g/mol. The summed E-state index contributed by atoms with van der Waals surface area (Å²) < 4.78 is 5.58. The highest BCUT2D eigenvalue weighted by Gasteiger charge is 2.50. The molecule has 2 bridgehead atoms. The van der Waals surface area contributed by atoms with Crippen LogP contribution in [-0.4, -0.2) is 22.6 Å². The number of aliphatic carboxylic acids is 1. The average Bonchev–Trinajstić information content (AvgIpc) is 2.89. The quantitative estimate of drug-likeness (QED) is 0.629. The lowest BCUT2D eigenvalue weighted by molar-refractivity contribution is -0.180. The van der Waals surface area contributed by atoms with Gasteiger partial charge in [-0.15, -0.1) is 0 Å². The first-order chi connectivity index (χ1) is 8.64. The molecule has 2 aliphatic rings. The Balaban J connectivity index is 2.05. The first kappa shape index (κ1) is 14.4. The molecule has 0 spiro atoms. The van der Waals surface area contributed by atoms with E-state index >= 15 is 0 Å². The number of ether oxygens (including phenoxy) is 1. The standard InChI is InChI=1S/C15H24O4/c1-14(2,12(16)17)13(18)19-15(3,4)11-8-9-5-6-10(11)7-9/h9-11H,5-8H2,1-4H3,(H,16,17). The minimum absolute atomic E-state index is 0.375. The highest BCUT2D eigenvalue weighted by atomic mass is 16.6. The second-order valence-electron chi connectivity index (χ2n) is 7.20. The first-order valence-corrected chi connectivity index (χ1v) is 7.11. The van der Waals surface area contributed by atoms with E-state index in [2.05, 4.69) is 0 Å². The van der Waals surface area contributed by atoms with Crippen LogP contribution >= 0.6 is 0 Å². The fraction of sp³-hybridized carbons (Fsp3) is 0.867. The van der Waals surface area contributed by atoms with Crippen LogP contribution in [0, 0.1) is 23.2 Å². The SMILES string of the molecule is CC(C)(C(=O)O)C(=O)OC(C)(C)C1CC2CCC1C2. The van der Waals surface area contributed by atoms with Crippen molar-refractivity contribution in [2.45, 2.75) is 59.0 Å². The van der Waals surface area contributed by atoms with Gasteiger partial charge in [-0.1, -0.05) is 6.42 Å². The second kappa shape index (κ2) is 4.50. The highest BCUT2D eigenvalue weighted by molar-refractivity contribution is 5.98. The molecule has 3 unspecified atom stereocenters. The minimum Gasteiger partial charge on any atom is -0.480 e. The third-order valence-corrected chi connectivity index (χ3v) is 5.03. The largest absolute Gasteiger partial charge is 0.480 e. The summed E-state index contributed by atoms with van der Waals surface area (Å²) in [5.74, 6) is 0.0232. The van der Waals surface area contributed by atoms with Crippen molar-refractivity contribution < 1.29 is 19.4 Å². The lowest BCUT2D eigenvalue weighted by atomic mass is 9.78. The summed E-state index contributed by atoms with van der Waals surface area (Å²) in [5, 5.41) is 9.08. The summed E-state index contributed by atoms with van der Waals surface area (Å²) in [5.41, 5.74) is -2.04. The predicted octanol–water partition coefficient (Wildman–Crippen LogP) is 2.86. The van der Waals surface area contributed by atoms with E-state index in [1.165, 1.54) is 33.1 Å². The Labute approximate surface area is 114 Å². The number of fused-ring (bicyclic) bond motifs is 2. The Morgan fingerprint density at radius 3 is 2.16 bits per heavy atom. The van der Waals surface area contributed by atoms with E-state index < -0.39 is 23.0 Å². The zero-order chi connectivity index (χ0) is 14.4. The first-order valence-electron chi connectivity index (χ1n) is 7.11. The van der Waals surface area contributed by atoms with E-state index in [0.29, 0.717) is 11.8 Å². The Kier molecular flexibility index (Phi) is 3.40. The van der Waals surface area contributed by atoms with E-state index in [-0.39, 0.29) is 0 Å². The number of carboxylic acids is 1. The molecule has 0 amide bonds. The molecule has 1 N–H and O–H groups in total. The number of carbonyl (C=O) groups excluding carboxylic acids is 1. The zero-order valence-electron chi connectivity index (χ0n) is 12.2. The molecule has 0 aliphatic heterocycles. The second-order valence-corrected chi connectivity index (χ2v) is 7.20. The van der Waals surface area contributed by atoms with Crippen molar-refractivity contribution >= 4 is 11.9 Å². The zero-order valence-corrected chi connectivity index (χ0v) is 12.2. The third-order valence-electron chi connectivity index (χ3n) is 5.03. The molecule has 19 heavy (non-hydrogen) atoms. The number of carbonyl (C=O) groups is 2. The van der Waals surface area contributed by atoms with Crippen LogP contribution in [0.3, 0.4) is 0 Å². The maximum absolute atomic E-state index is 12.1. The molecule has 2 fully saturated rings. The molecule has 3 atom stereocenters. The Hall–Kier alpha value is -1.06. The fourth-order valence-electron chi connectivity index (χ4n) is 3.63. The summed E-state index contributed by atoms with van der Waals surface area (Å²) >= 11 is 0. The Morgan fingerprint density at radius 2 is 1.74 bits per heavy atom. The molecular formula is C15H24O4. The molecule has 4 heteroatoms. The van der Waals surface area contributed by atoms with Gasteiger partial charge in [-0.25, -0.2) is 0 Å².